The molecule has 0 amide bonds. The van der Waals surface area contributed by atoms with Crippen molar-refractivity contribution in [3.8, 4) is 0 Å². The second kappa shape index (κ2) is 9.22. The van der Waals surface area contributed by atoms with Crippen molar-refractivity contribution in [3.63, 3.8) is 0 Å². The highest BCUT2D eigenvalue weighted by molar-refractivity contribution is 7.80. The van der Waals surface area contributed by atoms with Gasteiger partial charge in [0.2, 0.25) is 0 Å². The third kappa shape index (κ3) is 4.23. The summed E-state index contributed by atoms with van der Waals surface area (Å²) < 4.78 is 7.36. The standard InChI is InChI=1S/C25H31N3O3S2/c1-3-15-8-9-18-20(11-15)33-23(22(18)24(30)31-4-2)26-25(32)27-12-16-10-17(14-27)19-6-5-7-21(29)28(19)13-16/h5-7,15-17H,3-4,8-14H2,1-2H3,(H,26,32). The van der Waals surface area contributed by atoms with E-state index in [2.05, 4.69) is 23.2 Å². The molecule has 1 aliphatic carbocycles. The largest absolute Gasteiger partial charge is 0.462 e. The number of piperidine rings is 1. The van der Waals surface area contributed by atoms with Gasteiger partial charge in [0.25, 0.3) is 5.56 Å². The Balaban J connectivity index is 1.38. The lowest BCUT2D eigenvalue weighted by molar-refractivity contribution is 0.0526. The molecule has 0 spiro atoms. The molecule has 6 nitrogen and oxygen atoms in total. The number of thiocarbonyl (C=S) groups is 1. The van der Waals surface area contributed by atoms with Crippen LogP contribution in [0.5, 0.6) is 0 Å². The van der Waals surface area contributed by atoms with Crippen LogP contribution in [0, 0.1) is 11.8 Å². The van der Waals surface area contributed by atoms with Crippen LogP contribution in [0.1, 0.15) is 65.5 Å². The molecule has 0 aromatic carbocycles. The molecule has 2 aromatic heterocycles. The Morgan fingerprint density at radius 2 is 2.12 bits per heavy atom. The molecule has 2 aliphatic heterocycles. The zero-order chi connectivity index (χ0) is 23.1. The zero-order valence-corrected chi connectivity index (χ0v) is 20.9. The average molecular weight is 486 g/mol. The molecule has 4 heterocycles. The van der Waals surface area contributed by atoms with Gasteiger partial charge < -0.3 is 19.5 Å². The molecule has 2 aromatic rings. The number of likely N-dealkylation sites (tertiary alicyclic amines) is 1. The van der Waals surface area contributed by atoms with Gasteiger partial charge in [-0.05, 0) is 68.3 Å². The molecule has 3 unspecified atom stereocenters. The van der Waals surface area contributed by atoms with Gasteiger partial charge in [-0.2, -0.15) is 0 Å². The van der Waals surface area contributed by atoms with Gasteiger partial charge in [0.05, 0.1) is 12.2 Å². The van der Waals surface area contributed by atoms with Gasteiger partial charge >= 0.3 is 5.97 Å². The number of fused-ring (bicyclic) bond motifs is 5. The van der Waals surface area contributed by atoms with Crippen LogP contribution in [-0.4, -0.2) is 40.2 Å². The highest BCUT2D eigenvalue weighted by Gasteiger charge is 2.36. The number of hydrogen-bond acceptors (Lipinski definition) is 5. The maximum Gasteiger partial charge on any atom is 0.341 e. The number of nitrogens with one attached hydrogen (secondary N) is 1. The van der Waals surface area contributed by atoms with Crippen LogP contribution < -0.4 is 10.9 Å². The van der Waals surface area contributed by atoms with Gasteiger partial charge in [-0.1, -0.05) is 19.4 Å². The van der Waals surface area contributed by atoms with Crippen molar-refractivity contribution in [3.05, 3.63) is 50.3 Å². The Hall–Kier alpha value is -2.19. The van der Waals surface area contributed by atoms with Crippen molar-refractivity contribution in [1.29, 1.82) is 0 Å². The summed E-state index contributed by atoms with van der Waals surface area (Å²) in [6.45, 7) is 6.79. The first-order chi connectivity index (χ1) is 16.0. The first-order valence-corrected chi connectivity index (χ1v) is 13.3. The molecule has 0 saturated carbocycles. The highest BCUT2D eigenvalue weighted by Crippen LogP contribution is 2.41. The van der Waals surface area contributed by atoms with Crippen molar-refractivity contribution in [2.24, 2.45) is 11.8 Å². The molecule has 0 radical (unpaired) electrons. The van der Waals surface area contributed by atoms with Gasteiger partial charge in [-0.25, -0.2) is 4.79 Å². The van der Waals surface area contributed by atoms with E-state index in [4.69, 9.17) is 17.0 Å². The van der Waals surface area contributed by atoms with E-state index in [0.717, 1.165) is 68.0 Å². The van der Waals surface area contributed by atoms with E-state index >= 15 is 0 Å². The quantitative estimate of drug-likeness (QED) is 0.511. The first kappa shape index (κ1) is 22.6. The lowest BCUT2D eigenvalue weighted by Gasteiger charge is -2.43. The molecule has 2 bridgehead atoms. The smallest absolute Gasteiger partial charge is 0.341 e. The molecule has 3 aliphatic rings. The molecular weight excluding hydrogens is 454 g/mol. The summed E-state index contributed by atoms with van der Waals surface area (Å²) in [4.78, 5) is 28.7. The third-order valence-electron chi connectivity index (χ3n) is 7.41. The summed E-state index contributed by atoms with van der Waals surface area (Å²) in [7, 11) is 0. The number of rotatable bonds is 4. The summed E-state index contributed by atoms with van der Waals surface area (Å²) in [5.74, 6) is 1.11. The van der Waals surface area contributed by atoms with E-state index < -0.39 is 0 Å². The SMILES string of the molecule is CCOC(=O)c1c(NC(=S)N2CC3CC(C2)c2cccc(=O)n2C3)sc2c1CCC(CC)C2. The van der Waals surface area contributed by atoms with E-state index in [1.807, 2.05) is 17.6 Å². The van der Waals surface area contributed by atoms with Gasteiger partial charge in [0, 0.05) is 42.2 Å². The Morgan fingerprint density at radius 1 is 1.27 bits per heavy atom. The number of nitrogens with zero attached hydrogens (tertiary/aromatic N) is 2. The summed E-state index contributed by atoms with van der Waals surface area (Å²) in [5, 5.41) is 4.93. The summed E-state index contributed by atoms with van der Waals surface area (Å²) in [6.07, 6.45) is 5.31. The number of esters is 1. The molecule has 8 heteroatoms. The predicted octanol–water partition coefficient (Wildman–Crippen LogP) is 4.42. The number of anilines is 1. The van der Waals surface area contributed by atoms with Crippen molar-refractivity contribution < 1.29 is 9.53 Å². The van der Waals surface area contributed by atoms with Crippen LogP contribution in [0.4, 0.5) is 5.00 Å². The van der Waals surface area contributed by atoms with Gasteiger partial charge in [-0.15, -0.1) is 11.3 Å². The van der Waals surface area contributed by atoms with E-state index in [0.29, 0.717) is 29.1 Å². The Labute approximate surface area is 203 Å². The maximum atomic E-state index is 12.9. The van der Waals surface area contributed by atoms with Crippen LogP contribution in [0.2, 0.25) is 0 Å². The number of aromatic nitrogens is 1. The van der Waals surface area contributed by atoms with Crippen molar-refractivity contribution in [2.45, 2.75) is 58.4 Å². The van der Waals surface area contributed by atoms with E-state index in [9.17, 15) is 9.59 Å². The zero-order valence-electron chi connectivity index (χ0n) is 19.3. The number of thiophene rings is 1. The van der Waals surface area contributed by atoms with Gasteiger partial charge in [0.1, 0.15) is 5.00 Å². The minimum Gasteiger partial charge on any atom is -0.462 e. The van der Waals surface area contributed by atoms with E-state index in [-0.39, 0.29) is 17.4 Å². The average Bonchev–Trinajstić information content (AvgIpc) is 3.16. The topological polar surface area (TPSA) is 63.6 Å². The Morgan fingerprint density at radius 3 is 2.91 bits per heavy atom. The monoisotopic (exact) mass is 485 g/mol. The molecule has 5 rings (SSSR count). The second-order valence-electron chi connectivity index (χ2n) is 9.48. The number of carbonyl (C=O) groups excluding carboxylic acids is 1. The number of ether oxygens (including phenoxy) is 1. The molecule has 176 valence electrons. The summed E-state index contributed by atoms with van der Waals surface area (Å²) in [5.41, 5.74) is 3.03. The van der Waals surface area contributed by atoms with E-state index in [1.54, 1.807) is 17.4 Å². The van der Waals surface area contributed by atoms with Gasteiger partial charge in [0.15, 0.2) is 5.11 Å². The van der Waals surface area contributed by atoms with Crippen molar-refractivity contribution >= 4 is 39.6 Å². The number of hydrogen-bond donors (Lipinski definition) is 1. The summed E-state index contributed by atoms with van der Waals surface area (Å²) in [6, 6.07) is 5.57. The molecular formula is C25H31N3O3S2. The molecule has 1 fully saturated rings. The minimum absolute atomic E-state index is 0.0879. The fourth-order valence-electron chi connectivity index (χ4n) is 5.75. The highest BCUT2D eigenvalue weighted by atomic mass is 32.1. The third-order valence-corrected chi connectivity index (χ3v) is 8.94. The molecule has 33 heavy (non-hydrogen) atoms. The second-order valence-corrected chi connectivity index (χ2v) is 11.0. The lowest BCUT2D eigenvalue weighted by Crippen LogP contribution is -2.50. The van der Waals surface area contributed by atoms with Crippen LogP contribution in [-0.2, 0) is 24.1 Å². The fourth-order valence-corrected chi connectivity index (χ4v) is 7.41. The predicted molar refractivity (Wildman–Crippen MR) is 135 cm³/mol. The molecule has 1 N–H and O–H groups in total. The number of pyridine rings is 1. The minimum atomic E-state index is -0.251. The normalized spacial score (nSPS) is 23.5. The van der Waals surface area contributed by atoms with Crippen LogP contribution in [0.25, 0.3) is 0 Å². The first-order valence-electron chi connectivity index (χ1n) is 12.1. The number of carbonyl (C=O) groups is 1. The van der Waals surface area contributed by atoms with E-state index in [1.165, 1.54) is 4.88 Å². The van der Waals surface area contributed by atoms with Crippen molar-refractivity contribution in [1.82, 2.24) is 9.47 Å². The molecule has 3 atom stereocenters. The Kier molecular flexibility index (Phi) is 6.31. The van der Waals surface area contributed by atoms with Crippen LogP contribution in [0.3, 0.4) is 0 Å². The summed E-state index contributed by atoms with van der Waals surface area (Å²) >= 11 is 7.52. The maximum absolute atomic E-state index is 12.9. The lowest BCUT2D eigenvalue weighted by atomic mass is 9.83. The fraction of sp³-hybridized carbons (Fsp3) is 0.560. The van der Waals surface area contributed by atoms with Gasteiger partial charge in [-0.3, -0.25) is 4.79 Å². The van der Waals surface area contributed by atoms with Crippen LogP contribution in [0.15, 0.2) is 23.0 Å². The van der Waals surface area contributed by atoms with Crippen LogP contribution >= 0.6 is 23.6 Å². The molecule has 1 saturated heterocycles. The Bertz CT molecular complexity index is 1140. The van der Waals surface area contributed by atoms with Crippen molar-refractivity contribution in [2.75, 3.05) is 25.0 Å².